The second kappa shape index (κ2) is 14.5. The minimum atomic E-state index is -2.06. The van der Waals surface area contributed by atoms with Gasteiger partial charge in [0.05, 0.1) is 11.7 Å². The van der Waals surface area contributed by atoms with Crippen molar-refractivity contribution >= 4 is 20.3 Å². The van der Waals surface area contributed by atoms with Crippen molar-refractivity contribution in [3.8, 4) is 11.8 Å². The van der Waals surface area contributed by atoms with Crippen molar-refractivity contribution in [3.63, 3.8) is 0 Å². The number of carbonyl (C=O) groups excluding carboxylic acids is 2. The van der Waals surface area contributed by atoms with Crippen LogP contribution >= 0.6 is 0 Å². The van der Waals surface area contributed by atoms with Gasteiger partial charge in [-0.15, -0.1) is 0 Å². The Bertz CT molecular complexity index is 910. The molecule has 36 heavy (non-hydrogen) atoms. The zero-order valence-electron chi connectivity index (χ0n) is 22.8. The van der Waals surface area contributed by atoms with E-state index in [4.69, 9.17) is 23.4 Å². The van der Waals surface area contributed by atoms with Crippen molar-refractivity contribution in [1.29, 1.82) is 0 Å². The Balaban J connectivity index is 2.31. The van der Waals surface area contributed by atoms with Crippen LogP contribution in [0.1, 0.15) is 76.7 Å². The average molecular weight is 519 g/mol. The summed E-state index contributed by atoms with van der Waals surface area (Å²) < 4.78 is 30.1. The highest BCUT2D eigenvalue weighted by atomic mass is 28.4. The number of esters is 2. The molecule has 200 valence electrons. The van der Waals surface area contributed by atoms with Crippen molar-refractivity contribution in [2.45, 2.75) is 110 Å². The zero-order valence-corrected chi connectivity index (χ0v) is 23.8. The summed E-state index contributed by atoms with van der Waals surface area (Å²) in [6, 6.07) is 9.87. The highest BCUT2D eigenvalue weighted by Crippen LogP contribution is 2.34. The Labute approximate surface area is 217 Å². The van der Waals surface area contributed by atoms with Crippen LogP contribution < -0.4 is 0 Å². The van der Waals surface area contributed by atoms with Crippen LogP contribution in [0.5, 0.6) is 0 Å². The van der Waals surface area contributed by atoms with Gasteiger partial charge in [-0.25, -0.2) is 4.79 Å². The molecule has 0 aliphatic carbocycles. The van der Waals surface area contributed by atoms with E-state index in [-0.39, 0.29) is 0 Å². The van der Waals surface area contributed by atoms with Crippen molar-refractivity contribution in [3.05, 3.63) is 35.4 Å². The lowest BCUT2D eigenvalue weighted by Gasteiger charge is -2.46. The second-order valence-electron chi connectivity index (χ2n) is 9.17. The fraction of sp³-hybridized carbons (Fsp3) is 0.643. The Morgan fingerprint density at radius 1 is 1.00 bits per heavy atom. The van der Waals surface area contributed by atoms with Crippen LogP contribution in [0.15, 0.2) is 24.3 Å². The first-order valence-corrected chi connectivity index (χ1v) is 15.6. The molecule has 0 bridgehead atoms. The summed E-state index contributed by atoms with van der Waals surface area (Å²) in [5.74, 6) is 5.16. The van der Waals surface area contributed by atoms with E-state index in [1.165, 1.54) is 14.0 Å². The molecule has 1 fully saturated rings. The lowest BCUT2D eigenvalue weighted by atomic mass is 9.99. The lowest BCUT2D eigenvalue weighted by molar-refractivity contribution is -0.282. The number of unbranched alkanes of at least 4 members (excludes halogenated alkanes) is 2. The van der Waals surface area contributed by atoms with E-state index in [1.54, 1.807) is 18.2 Å². The highest BCUT2D eigenvalue weighted by molar-refractivity contribution is 6.73. The van der Waals surface area contributed by atoms with Crippen LogP contribution in [-0.4, -0.2) is 58.1 Å². The topological polar surface area (TPSA) is 80.3 Å². The standard InChI is InChI=1S/C28H42O7Si/c1-8-12-13-14-17-22-18-15-16-19-23(22)27(30)34-28-26(31-7)25(33-21(6)29)24(20(5)32-28)35-36(9-2,10-3)11-4/h15-16,18-20,24-26,28H,8-13H2,1-7H3/t20-,24+,25+,26+,28?/m0/s1. The van der Waals surface area contributed by atoms with E-state index in [9.17, 15) is 9.59 Å². The third kappa shape index (κ3) is 7.66. The maximum absolute atomic E-state index is 13.2. The predicted molar refractivity (Wildman–Crippen MR) is 141 cm³/mol. The van der Waals surface area contributed by atoms with Gasteiger partial charge in [-0.1, -0.05) is 58.1 Å². The molecule has 1 saturated heterocycles. The first-order valence-electron chi connectivity index (χ1n) is 13.1. The van der Waals surface area contributed by atoms with Crippen LogP contribution in [0.3, 0.4) is 0 Å². The molecule has 5 atom stereocenters. The zero-order chi connectivity index (χ0) is 26.7. The van der Waals surface area contributed by atoms with Gasteiger partial charge in [0.25, 0.3) is 0 Å². The summed E-state index contributed by atoms with van der Waals surface area (Å²) in [6.07, 6.45) is -0.908. The summed E-state index contributed by atoms with van der Waals surface area (Å²) in [5, 5.41) is 0. The number of hydrogen-bond donors (Lipinski definition) is 0. The molecule has 0 spiro atoms. The van der Waals surface area contributed by atoms with Gasteiger partial charge in [-0.05, 0) is 43.6 Å². The normalized spacial score (nSPS) is 23.9. The van der Waals surface area contributed by atoms with Gasteiger partial charge in [0, 0.05) is 26.0 Å². The van der Waals surface area contributed by atoms with Gasteiger partial charge in [0.2, 0.25) is 6.29 Å². The number of benzene rings is 1. The molecule has 0 saturated carbocycles. The van der Waals surface area contributed by atoms with Gasteiger partial charge >= 0.3 is 11.9 Å². The smallest absolute Gasteiger partial charge is 0.341 e. The van der Waals surface area contributed by atoms with E-state index in [0.29, 0.717) is 11.1 Å². The molecule has 7 nitrogen and oxygen atoms in total. The van der Waals surface area contributed by atoms with E-state index in [1.807, 2.05) is 13.0 Å². The van der Waals surface area contributed by atoms with Crippen molar-refractivity contribution in [2.24, 2.45) is 0 Å². The average Bonchev–Trinajstić information content (AvgIpc) is 2.87. The molecule has 1 heterocycles. The molecule has 0 N–H and O–H groups in total. The predicted octanol–water partition coefficient (Wildman–Crippen LogP) is 5.47. The summed E-state index contributed by atoms with van der Waals surface area (Å²) in [7, 11) is -0.583. The van der Waals surface area contributed by atoms with Gasteiger partial charge in [0.15, 0.2) is 20.5 Å². The third-order valence-corrected chi connectivity index (χ3v) is 11.5. The molecule has 0 amide bonds. The van der Waals surface area contributed by atoms with E-state index in [2.05, 4.69) is 39.5 Å². The largest absolute Gasteiger partial charge is 0.457 e. The van der Waals surface area contributed by atoms with Gasteiger partial charge in [0.1, 0.15) is 6.10 Å². The Morgan fingerprint density at radius 3 is 2.25 bits per heavy atom. The monoisotopic (exact) mass is 518 g/mol. The maximum Gasteiger partial charge on any atom is 0.341 e. The van der Waals surface area contributed by atoms with E-state index >= 15 is 0 Å². The fourth-order valence-corrected chi connectivity index (χ4v) is 7.36. The molecule has 0 radical (unpaired) electrons. The second-order valence-corrected chi connectivity index (χ2v) is 13.9. The Morgan fingerprint density at radius 2 is 1.67 bits per heavy atom. The molecule has 0 aromatic heterocycles. The summed E-state index contributed by atoms with van der Waals surface area (Å²) in [5.41, 5.74) is 0.947. The van der Waals surface area contributed by atoms with Crippen molar-refractivity contribution in [1.82, 2.24) is 0 Å². The van der Waals surface area contributed by atoms with Crippen LogP contribution in [0.4, 0.5) is 0 Å². The lowest BCUT2D eigenvalue weighted by Crippen LogP contribution is -2.63. The molecule has 2 rings (SSSR count). The molecule has 8 heteroatoms. The van der Waals surface area contributed by atoms with Gasteiger partial charge in [-0.3, -0.25) is 4.79 Å². The number of ether oxygens (including phenoxy) is 4. The first-order chi connectivity index (χ1) is 17.2. The van der Waals surface area contributed by atoms with E-state index < -0.39 is 51.0 Å². The minimum absolute atomic E-state index is 0.351. The Hall–Kier alpha value is -2.18. The van der Waals surface area contributed by atoms with Crippen LogP contribution in [0.2, 0.25) is 18.1 Å². The molecular weight excluding hydrogens is 476 g/mol. The number of rotatable bonds is 11. The fourth-order valence-electron chi connectivity index (χ4n) is 4.45. The van der Waals surface area contributed by atoms with Crippen molar-refractivity contribution < 1.29 is 33.0 Å². The number of methoxy groups -OCH3 is 1. The molecule has 1 aliphatic heterocycles. The molecule has 1 aliphatic rings. The van der Waals surface area contributed by atoms with Crippen molar-refractivity contribution in [2.75, 3.05) is 7.11 Å². The molecule has 1 aromatic rings. The highest BCUT2D eigenvalue weighted by Gasteiger charge is 2.51. The summed E-state index contributed by atoms with van der Waals surface area (Å²) >= 11 is 0. The first kappa shape index (κ1) is 30.0. The quantitative estimate of drug-likeness (QED) is 0.166. The van der Waals surface area contributed by atoms with Gasteiger partial charge < -0.3 is 23.4 Å². The Kier molecular flexibility index (Phi) is 12.1. The van der Waals surface area contributed by atoms with Crippen LogP contribution in [0, 0.1) is 11.8 Å². The van der Waals surface area contributed by atoms with Gasteiger partial charge in [-0.2, -0.15) is 0 Å². The minimum Gasteiger partial charge on any atom is -0.457 e. The summed E-state index contributed by atoms with van der Waals surface area (Å²) in [6.45, 7) is 11.7. The summed E-state index contributed by atoms with van der Waals surface area (Å²) in [4.78, 5) is 25.3. The van der Waals surface area contributed by atoms with Crippen LogP contribution in [-0.2, 0) is 28.2 Å². The SMILES string of the molecule is CCCCC#Cc1ccccc1C(=O)OC1O[C@@H](C)[C@@H](O[Si](CC)(CC)CC)[C@@H](OC(C)=O)[C@H]1OC. The molecule has 1 aromatic carbocycles. The number of carbonyl (C=O) groups is 2. The molecule has 1 unspecified atom stereocenters. The van der Waals surface area contributed by atoms with Crippen LogP contribution in [0.25, 0.3) is 0 Å². The maximum atomic E-state index is 13.2. The number of hydrogen-bond acceptors (Lipinski definition) is 7. The third-order valence-electron chi connectivity index (χ3n) is 6.87. The molecular formula is C28H42O7Si. The van der Waals surface area contributed by atoms with E-state index in [0.717, 1.165) is 37.4 Å².